The van der Waals surface area contributed by atoms with Gasteiger partial charge in [0.25, 0.3) is 0 Å². The minimum absolute atomic E-state index is 0. The maximum absolute atomic E-state index is 4.11. The zero-order chi connectivity index (χ0) is 2.00. The molecule has 0 fully saturated rings. The first-order valence-corrected chi connectivity index (χ1v) is 1.29. The van der Waals surface area contributed by atoms with Crippen LogP contribution in [0.15, 0.2) is 0 Å². The molecule has 0 unspecified atom stereocenters. The predicted octanol–water partition coefficient (Wildman–Crippen LogP) is -15.4. The third-order valence-electron chi connectivity index (χ3n) is 0. The molecule has 7 N–H and O–H groups in total. The van der Waals surface area contributed by atoms with E-state index in [0.717, 1.165) is 0 Å². The van der Waals surface area contributed by atoms with Crippen LogP contribution in [0.5, 0.6) is 0 Å². The average Bonchev–Trinajstić information content (AvgIpc) is 1.00. The molecule has 0 heterocycles. The monoisotopic (exact) mass is 308 g/mol. The topological polar surface area (TPSA) is 124 Å². The van der Waals surface area contributed by atoms with Crippen LogP contribution in [-0.2, 0) is 0 Å². The number of hydrogen-bond donors (Lipinski definition) is 0. The summed E-state index contributed by atoms with van der Waals surface area (Å²) in [6, 6.07) is 0. The summed E-state index contributed by atoms with van der Waals surface area (Å²) < 4.78 is 0. The van der Waals surface area contributed by atoms with Crippen molar-refractivity contribution in [1.82, 2.24) is 0 Å². The van der Waals surface area contributed by atoms with Gasteiger partial charge in [-0.05, 0) is 0 Å². The second-order valence-electron chi connectivity index (χ2n) is 0. The molecular formula is H12Cl4Na4O4. The molecule has 0 aliphatic carbocycles. The summed E-state index contributed by atoms with van der Waals surface area (Å²) in [5.41, 5.74) is 0. The summed E-state index contributed by atoms with van der Waals surface area (Å²) in [5.74, 6) is 0. The van der Waals surface area contributed by atoms with Crippen LogP contribution in [0, 0.1) is 0 Å². The van der Waals surface area contributed by atoms with Gasteiger partial charge >= 0.3 is 118 Å². The molecule has 0 atom stereocenters. The molecule has 68 valence electrons. The molecule has 12 heteroatoms. The van der Waals surface area contributed by atoms with Gasteiger partial charge in [-0.1, -0.05) is 0 Å². The minimum atomic E-state index is 0. The first-order valence-electron chi connectivity index (χ1n) is 0.143. The fourth-order valence-corrected chi connectivity index (χ4v) is 0. The largest absolute Gasteiger partial charge is 1.00 e. The van der Waals surface area contributed by atoms with Crippen molar-refractivity contribution >= 4 is 34.1 Å². The molecule has 0 amide bonds. The number of rotatable bonds is 0. The van der Waals surface area contributed by atoms with E-state index in [1.165, 1.54) is 0 Å². The standard InChI is InChI=1S/Cl2.2ClH.4Na.4H2O.H2.2H/c1-2;;;;;;;;;;;;;/h;2*1H;;;;;4*1H2;1H;;/q;;;4*+1;;;;;;2*-1/p-2. The van der Waals surface area contributed by atoms with Gasteiger partial charge in [0.2, 0.25) is 0 Å². The Balaban J connectivity index is -0.0000000000641. The van der Waals surface area contributed by atoms with E-state index in [2.05, 4.69) is 21.7 Å². The molecule has 0 aliphatic rings. The third-order valence-corrected chi connectivity index (χ3v) is 0. The van der Waals surface area contributed by atoms with Crippen LogP contribution < -0.4 is 131 Å². The second kappa shape index (κ2) is 144. The van der Waals surface area contributed by atoms with Crippen molar-refractivity contribution in [3.05, 3.63) is 0 Å². The normalized spacial score (nSPS) is 0.500. The summed E-state index contributed by atoms with van der Waals surface area (Å²) in [6.07, 6.45) is 0. The molecule has 0 saturated heterocycles. The first-order chi connectivity index (χ1) is 1.00. The van der Waals surface area contributed by atoms with Crippen LogP contribution in [0.4, 0.5) is 0 Å². The smallest absolute Gasteiger partial charge is 1.00 e. The van der Waals surface area contributed by atoms with Crippen LogP contribution >= 0.6 is 34.1 Å². The summed E-state index contributed by atoms with van der Waals surface area (Å²) in [7, 11) is 8.22. The van der Waals surface area contributed by atoms with Crippen molar-refractivity contribution < 1.29 is 157 Å². The Hall–Kier alpha value is 5.00. The predicted molar refractivity (Wildman–Crippen MR) is 36.1 cm³/mol. The minimum Gasteiger partial charge on any atom is -1.00 e. The van der Waals surface area contributed by atoms with Crippen molar-refractivity contribution in [2.75, 3.05) is 0 Å². The zero-order valence-electron chi connectivity index (χ0n) is 9.49. The molecule has 12 heavy (non-hydrogen) atoms. The molecule has 4 nitrogen and oxygen atoms in total. The Kier molecular flexibility index (Phi) is 1450. The van der Waals surface area contributed by atoms with Gasteiger partial charge in [-0.2, -0.15) is 0 Å². The number of halogens is 4. The summed E-state index contributed by atoms with van der Waals surface area (Å²) >= 11 is 0. The number of hydrogen-bond acceptors (Lipinski definition) is 1. The Labute approximate surface area is 187 Å². The van der Waals surface area contributed by atoms with Gasteiger partial charge in [-0.3, -0.25) is 0 Å². The molecule has 0 aromatic carbocycles. The summed E-state index contributed by atoms with van der Waals surface area (Å²) in [4.78, 5) is 0. The summed E-state index contributed by atoms with van der Waals surface area (Å²) in [6.45, 7) is 0. The molecule has 0 aromatic rings. The van der Waals surface area contributed by atoms with Crippen molar-refractivity contribution in [2.24, 2.45) is 0 Å². The second-order valence-corrected chi connectivity index (χ2v) is 0. The van der Waals surface area contributed by atoms with E-state index in [0.29, 0.717) is 0 Å². The Bertz CT molecular complexity index is 29.8. The fraction of sp³-hybridized carbons (Fsp3) is 0. The van der Waals surface area contributed by atoms with Gasteiger partial charge in [0.15, 0.2) is 0 Å². The molecule has 0 aliphatic heterocycles. The van der Waals surface area contributed by atoms with Gasteiger partial charge in [-0.15, -0.1) is 12.4 Å². The third kappa shape index (κ3) is 118. The van der Waals surface area contributed by atoms with Gasteiger partial charge in [0.1, 0.15) is 0 Å². The SMILES string of the molecule is Cl.ClCl.O.O.O.[Cl-].[H-].[H-].[HH].[Na+].[Na+].[Na+].[Na+].[OH-]. The first kappa shape index (κ1) is 121. The molecule has 0 rings (SSSR count). The Morgan fingerprint density at radius 2 is 0.750 bits per heavy atom. The molecule has 0 bridgehead atoms. The van der Waals surface area contributed by atoms with Crippen LogP contribution in [0.2, 0.25) is 0 Å². The van der Waals surface area contributed by atoms with Crippen molar-refractivity contribution in [1.29, 1.82) is 0 Å². The van der Waals surface area contributed by atoms with E-state index in [9.17, 15) is 0 Å². The van der Waals surface area contributed by atoms with Crippen LogP contribution in [0.25, 0.3) is 0 Å². The van der Waals surface area contributed by atoms with E-state index in [1.807, 2.05) is 0 Å². The van der Waals surface area contributed by atoms with E-state index >= 15 is 0 Å². The zero-order valence-corrected chi connectivity index (χ0v) is 18.6. The maximum Gasteiger partial charge on any atom is 1.00 e. The maximum atomic E-state index is 4.11. The van der Waals surface area contributed by atoms with Crippen molar-refractivity contribution in [2.45, 2.75) is 0 Å². The molecule has 0 spiro atoms. The van der Waals surface area contributed by atoms with Gasteiger partial charge < -0.3 is 37.2 Å². The van der Waals surface area contributed by atoms with Gasteiger partial charge in [0, 0.05) is 23.1 Å². The van der Waals surface area contributed by atoms with Crippen molar-refractivity contribution in [3.63, 3.8) is 0 Å². The quantitative estimate of drug-likeness (QED) is 0.405. The van der Waals surface area contributed by atoms with Gasteiger partial charge in [-0.25, -0.2) is 0 Å². The van der Waals surface area contributed by atoms with Crippen LogP contribution in [-0.4, -0.2) is 21.9 Å². The van der Waals surface area contributed by atoms with E-state index in [4.69, 9.17) is 0 Å². The Morgan fingerprint density at radius 3 is 0.750 bits per heavy atom. The fourth-order valence-electron chi connectivity index (χ4n) is 0. The molecule has 0 radical (unpaired) electrons. The molecular weight excluding hydrogens is 298 g/mol. The van der Waals surface area contributed by atoms with Crippen LogP contribution in [0.3, 0.4) is 0 Å². The van der Waals surface area contributed by atoms with E-state index in [1.54, 1.807) is 0 Å². The van der Waals surface area contributed by atoms with Crippen molar-refractivity contribution in [3.8, 4) is 0 Å². The van der Waals surface area contributed by atoms with E-state index < -0.39 is 0 Å². The Morgan fingerprint density at radius 1 is 0.750 bits per heavy atom. The molecule has 0 aromatic heterocycles. The van der Waals surface area contributed by atoms with Gasteiger partial charge in [0.05, 0.1) is 0 Å². The van der Waals surface area contributed by atoms with Crippen LogP contribution in [0.1, 0.15) is 4.28 Å². The molecule has 0 saturated carbocycles. The summed E-state index contributed by atoms with van der Waals surface area (Å²) in [5, 5.41) is 0. The van der Waals surface area contributed by atoms with E-state index in [-0.39, 0.29) is 169 Å². The average molecular weight is 310 g/mol.